The number of halogens is 1. The summed E-state index contributed by atoms with van der Waals surface area (Å²) in [5.41, 5.74) is 6.86. The fraction of sp³-hybridized carbons (Fsp3) is 0.158. The number of nitrogen functional groups attached to an aromatic ring is 1. The Labute approximate surface area is 159 Å². The fourth-order valence-corrected chi connectivity index (χ4v) is 3.22. The molecule has 1 aromatic heterocycles. The number of carbonyl (C=O) groups excluding carboxylic acids is 1. The Morgan fingerprint density at radius 2 is 1.74 bits per heavy atom. The minimum Gasteiger partial charge on any atom is -0.493 e. The number of nitrogens with two attached hydrogens (primary N) is 1. The van der Waals surface area contributed by atoms with Crippen LogP contribution in [0.5, 0.6) is 17.2 Å². The van der Waals surface area contributed by atoms with Crippen molar-refractivity contribution >= 4 is 22.3 Å². The van der Waals surface area contributed by atoms with Crippen LogP contribution in [0, 0.1) is 5.82 Å². The average Bonchev–Trinajstić information content (AvgIpc) is 3.12. The van der Waals surface area contributed by atoms with Crippen molar-refractivity contribution in [1.82, 2.24) is 4.98 Å². The molecule has 8 heteroatoms. The molecule has 0 aliphatic heterocycles. The maximum absolute atomic E-state index is 14.6. The van der Waals surface area contributed by atoms with Crippen molar-refractivity contribution < 1.29 is 23.4 Å². The third kappa shape index (κ3) is 3.56. The highest BCUT2D eigenvalue weighted by molar-refractivity contribution is 7.13. The van der Waals surface area contributed by atoms with E-state index in [-0.39, 0.29) is 11.1 Å². The van der Waals surface area contributed by atoms with Crippen molar-refractivity contribution in [2.45, 2.75) is 0 Å². The molecule has 3 rings (SSSR count). The van der Waals surface area contributed by atoms with Gasteiger partial charge in [0.1, 0.15) is 5.82 Å². The lowest BCUT2D eigenvalue weighted by Gasteiger charge is -2.14. The molecule has 0 saturated heterocycles. The lowest BCUT2D eigenvalue weighted by molar-refractivity contribution is 0.103. The number of thiazole rings is 1. The molecule has 0 aliphatic rings. The van der Waals surface area contributed by atoms with Crippen LogP contribution in [0.3, 0.4) is 0 Å². The zero-order valence-electron chi connectivity index (χ0n) is 14.9. The highest BCUT2D eigenvalue weighted by Crippen LogP contribution is 2.39. The number of anilines is 1. The summed E-state index contributed by atoms with van der Waals surface area (Å²) in [5, 5.41) is 2.12. The molecular formula is C19H17FN2O4S. The number of hydrogen-bond donors (Lipinski definition) is 1. The van der Waals surface area contributed by atoms with E-state index >= 15 is 0 Å². The van der Waals surface area contributed by atoms with Crippen molar-refractivity contribution in [1.29, 1.82) is 0 Å². The number of aromatic nitrogens is 1. The molecule has 3 aromatic rings. The van der Waals surface area contributed by atoms with Gasteiger partial charge in [0, 0.05) is 16.5 Å². The van der Waals surface area contributed by atoms with E-state index in [2.05, 4.69) is 4.98 Å². The lowest BCUT2D eigenvalue weighted by Crippen LogP contribution is -2.06. The normalized spacial score (nSPS) is 10.5. The van der Waals surface area contributed by atoms with Crippen LogP contribution in [0.4, 0.5) is 9.52 Å². The summed E-state index contributed by atoms with van der Waals surface area (Å²) in [4.78, 5) is 16.9. The molecule has 6 nitrogen and oxygen atoms in total. The summed E-state index contributed by atoms with van der Waals surface area (Å²) in [6, 6.07) is 7.28. The molecule has 140 valence electrons. The Bertz CT molecular complexity index is 978. The molecule has 2 aromatic carbocycles. The van der Waals surface area contributed by atoms with E-state index in [0.29, 0.717) is 33.6 Å². The first kappa shape index (κ1) is 18.7. The molecule has 0 fully saturated rings. The van der Waals surface area contributed by atoms with Crippen molar-refractivity contribution in [3.8, 4) is 28.5 Å². The summed E-state index contributed by atoms with van der Waals surface area (Å²) in [5.74, 6) is -0.173. The molecule has 0 radical (unpaired) electrons. The van der Waals surface area contributed by atoms with E-state index in [0.717, 1.165) is 0 Å². The Hall–Kier alpha value is -3.13. The van der Waals surface area contributed by atoms with Crippen LogP contribution in [0.2, 0.25) is 0 Å². The molecule has 0 bridgehead atoms. The van der Waals surface area contributed by atoms with Crippen LogP contribution in [-0.4, -0.2) is 32.1 Å². The van der Waals surface area contributed by atoms with Crippen LogP contribution in [-0.2, 0) is 0 Å². The maximum Gasteiger partial charge on any atom is 0.203 e. The van der Waals surface area contributed by atoms with Gasteiger partial charge in [0.25, 0.3) is 0 Å². The average molecular weight is 388 g/mol. The smallest absolute Gasteiger partial charge is 0.203 e. The molecule has 0 saturated carbocycles. The predicted molar refractivity (Wildman–Crippen MR) is 101 cm³/mol. The zero-order valence-corrected chi connectivity index (χ0v) is 15.7. The van der Waals surface area contributed by atoms with Crippen LogP contribution in [0.25, 0.3) is 11.3 Å². The van der Waals surface area contributed by atoms with Gasteiger partial charge >= 0.3 is 0 Å². The van der Waals surface area contributed by atoms with E-state index in [1.54, 1.807) is 11.4 Å². The Morgan fingerprint density at radius 3 is 2.22 bits per heavy atom. The molecule has 0 atom stereocenters. The standard InChI is InChI=1S/C19H17FN2O4S/c1-24-15-7-11(8-16(25-2)18(15)26-3)17(23)12-5-4-10(6-13(12)20)14-9-27-19(21)22-14/h4-9H,1-3H3,(H2,21,22). The molecule has 0 unspecified atom stereocenters. The van der Waals surface area contributed by atoms with Crippen LogP contribution in [0.1, 0.15) is 15.9 Å². The lowest BCUT2D eigenvalue weighted by atomic mass is 10.00. The van der Waals surface area contributed by atoms with Gasteiger partial charge in [-0.25, -0.2) is 9.37 Å². The largest absolute Gasteiger partial charge is 0.493 e. The van der Waals surface area contributed by atoms with Crippen LogP contribution < -0.4 is 19.9 Å². The zero-order chi connectivity index (χ0) is 19.6. The molecule has 0 aliphatic carbocycles. The first-order valence-electron chi connectivity index (χ1n) is 7.84. The minimum absolute atomic E-state index is 0.0729. The number of methoxy groups -OCH3 is 3. The van der Waals surface area contributed by atoms with Gasteiger partial charge in [-0.3, -0.25) is 4.79 Å². The quantitative estimate of drug-likeness (QED) is 0.647. The number of carbonyl (C=O) groups is 1. The third-order valence-corrected chi connectivity index (χ3v) is 4.63. The summed E-state index contributed by atoms with van der Waals surface area (Å²) >= 11 is 1.26. The van der Waals surface area contributed by atoms with E-state index < -0.39 is 11.6 Å². The number of nitrogens with zero attached hydrogens (tertiary/aromatic N) is 1. The first-order valence-corrected chi connectivity index (χ1v) is 8.72. The first-order chi connectivity index (χ1) is 13.0. The second-order valence-electron chi connectivity index (χ2n) is 5.51. The van der Waals surface area contributed by atoms with Crippen LogP contribution >= 0.6 is 11.3 Å². The molecule has 0 amide bonds. The number of ether oxygens (including phenoxy) is 3. The number of rotatable bonds is 6. The van der Waals surface area contributed by atoms with Gasteiger partial charge in [-0.2, -0.15) is 0 Å². The Morgan fingerprint density at radius 1 is 1.07 bits per heavy atom. The van der Waals surface area contributed by atoms with Gasteiger partial charge in [-0.05, 0) is 24.3 Å². The van der Waals surface area contributed by atoms with Gasteiger partial charge in [-0.1, -0.05) is 6.07 Å². The highest BCUT2D eigenvalue weighted by atomic mass is 32.1. The topological polar surface area (TPSA) is 83.7 Å². The molecule has 27 heavy (non-hydrogen) atoms. The van der Waals surface area contributed by atoms with Crippen molar-refractivity contribution in [2.75, 3.05) is 27.1 Å². The second-order valence-corrected chi connectivity index (χ2v) is 6.40. The van der Waals surface area contributed by atoms with E-state index in [9.17, 15) is 9.18 Å². The molecule has 0 spiro atoms. The van der Waals surface area contributed by atoms with E-state index in [1.807, 2.05) is 0 Å². The maximum atomic E-state index is 14.6. The monoisotopic (exact) mass is 388 g/mol. The van der Waals surface area contributed by atoms with Gasteiger partial charge in [-0.15, -0.1) is 11.3 Å². The highest BCUT2D eigenvalue weighted by Gasteiger charge is 2.20. The van der Waals surface area contributed by atoms with E-state index in [4.69, 9.17) is 19.9 Å². The van der Waals surface area contributed by atoms with Crippen molar-refractivity contribution in [3.05, 3.63) is 52.7 Å². The number of ketones is 1. The summed E-state index contributed by atoms with van der Waals surface area (Å²) in [6.45, 7) is 0. The predicted octanol–water partition coefficient (Wildman–Crippen LogP) is 3.79. The summed E-state index contributed by atoms with van der Waals surface area (Å²) < 4.78 is 30.4. The van der Waals surface area contributed by atoms with E-state index in [1.165, 1.54) is 56.9 Å². The number of benzene rings is 2. The van der Waals surface area contributed by atoms with Crippen LogP contribution in [0.15, 0.2) is 35.7 Å². The van der Waals surface area contributed by atoms with Crippen molar-refractivity contribution in [2.24, 2.45) is 0 Å². The summed E-state index contributed by atoms with van der Waals surface area (Å²) in [6.07, 6.45) is 0. The third-order valence-electron chi connectivity index (χ3n) is 3.96. The van der Waals surface area contributed by atoms with Gasteiger partial charge in [0.2, 0.25) is 5.75 Å². The van der Waals surface area contributed by atoms with Gasteiger partial charge in [0.05, 0.1) is 32.6 Å². The Balaban J connectivity index is 2.01. The second kappa shape index (κ2) is 7.63. The van der Waals surface area contributed by atoms with Gasteiger partial charge in [0.15, 0.2) is 22.4 Å². The summed E-state index contributed by atoms with van der Waals surface area (Å²) in [7, 11) is 4.35. The molecular weight excluding hydrogens is 371 g/mol. The number of hydrogen-bond acceptors (Lipinski definition) is 7. The SMILES string of the molecule is COc1cc(C(=O)c2ccc(-c3csc(N)n3)cc2F)cc(OC)c1OC. The Kier molecular flexibility index (Phi) is 5.27. The minimum atomic E-state index is -0.655. The molecule has 1 heterocycles. The van der Waals surface area contributed by atoms with Crippen molar-refractivity contribution in [3.63, 3.8) is 0 Å². The molecule has 2 N–H and O–H groups in total. The van der Waals surface area contributed by atoms with Gasteiger partial charge < -0.3 is 19.9 Å². The fourth-order valence-electron chi connectivity index (χ4n) is 2.65.